The lowest BCUT2D eigenvalue weighted by atomic mass is 9.97. The van der Waals surface area contributed by atoms with Crippen LogP contribution in [0.1, 0.15) is 59.1 Å². The lowest BCUT2D eigenvalue weighted by Crippen LogP contribution is -2.51. The van der Waals surface area contributed by atoms with E-state index in [0.717, 1.165) is 53.1 Å². The van der Waals surface area contributed by atoms with Gasteiger partial charge < -0.3 is 10.6 Å². The van der Waals surface area contributed by atoms with E-state index in [1.54, 1.807) is 16.2 Å². The first-order chi connectivity index (χ1) is 13.0. The van der Waals surface area contributed by atoms with Gasteiger partial charge in [0, 0.05) is 12.0 Å². The Labute approximate surface area is 162 Å². The van der Waals surface area contributed by atoms with E-state index in [9.17, 15) is 9.59 Å². The maximum atomic E-state index is 13.5. The quantitative estimate of drug-likeness (QED) is 0.881. The molecule has 0 spiro atoms. The number of piperidine rings is 1. The molecule has 2 amide bonds. The topological polar surface area (TPSA) is 76.3 Å². The summed E-state index contributed by atoms with van der Waals surface area (Å²) in [6, 6.07) is 7.85. The maximum absolute atomic E-state index is 13.5. The molecule has 1 saturated heterocycles. The highest BCUT2D eigenvalue weighted by Crippen LogP contribution is 2.47. The van der Waals surface area contributed by atoms with Crippen LogP contribution in [0.15, 0.2) is 24.3 Å². The van der Waals surface area contributed by atoms with Gasteiger partial charge in [-0.25, -0.2) is 4.98 Å². The first-order valence-electron chi connectivity index (χ1n) is 9.72. The van der Waals surface area contributed by atoms with E-state index < -0.39 is 6.04 Å². The second-order valence-electron chi connectivity index (χ2n) is 8.16. The molecule has 5 nitrogen and oxygen atoms in total. The summed E-state index contributed by atoms with van der Waals surface area (Å²) >= 11 is 1.63. The van der Waals surface area contributed by atoms with Crippen LogP contribution in [0.4, 0.5) is 0 Å². The average molecular weight is 382 g/mol. The number of amides is 2. The van der Waals surface area contributed by atoms with Gasteiger partial charge in [0.1, 0.15) is 11.7 Å². The number of carbonyl (C=O) groups excluding carboxylic acids is 2. The van der Waals surface area contributed by atoms with E-state index in [1.807, 2.05) is 12.1 Å². The van der Waals surface area contributed by atoms with Crippen molar-refractivity contribution in [3.63, 3.8) is 0 Å². The molecular formula is C21H23N3O2S. The molecule has 1 aromatic heterocycles. The fourth-order valence-electron chi connectivity index (χ4n) is 4.74. The third-order valence-corrected chi connectivity index (χ3v) is 7.43. The summed E-state index contributed by atoms with van der Waals surface area (Å²) in [4.78, 5) is 33.1. The minimum Gasteiger partial charge on any atom is -0.368 e. The number of nitrogens with zero attached hydrogens (tertiary/aromatic N) is 2. The highest BCUT2D eigenvalue weighted by molar-refractivity contribution is 7.15. The van der Waals surface area contributed by atoms with Gasteiger partial charge in [0.2, 0.25) is 5.91 Å². The Morgan fingerprint density at radius 2 is 2.04 bits per heavy atom. The number of primary amides is 1. The standard InChI is InChI=1S/C21H23N3O2S/c1-11-3-2-4-14(9-11)18-16(23-20(27-18)12-5-6-12)21(26)24-15-8-7-13(10-15)17(24)19(22)25/h2-4,9,12-13,15,17H,5-8,10H2,1H3,(H2,22,25)/t13-,15+,17-/m0/s1. The predicted molar refractivity (Wildman–Crippen MR) is 105 cm³/mol. The third kappa shape index (κ3) is 2.78. The number of nitrogens with two attached hydrogens (primary N) is 1. The Balaban J connectivity index is 1.58. The van der Waals surface area contributed by atoms with Crippen molar-refractivity contribution in [2.24, 2.45) is 11.7 Å². The molecule has 2 aromatic rings. The summed E-state index contributed by atoms with van der Waals surface area (Å²) in [6.07, 6.45) is 5.12. The number of benzene rings is 1. The number of hydrogen-bond donors (Lipinski definition) is 1. The highest BCUT2D eigenvalue weighted by atomic mass is 32.1. The zero-order valence-corrected chi connectivity index (χ0v) is 16.2. The van der Waals surface area contributed by atoms with Crippen LogP contribution in [-0.2, 0) is 4.79 Å². The summed E-state index contributed by atoms with van der Waals surface area (Å²) in [5.74, 6) is 0.193. The van der Waals surface area contributed by atoms with Crippen LogP contribution in [-0.4, -0.2) is 33.8 Å². The molecule has 140 valence electrons. The highest BCUT2D eigenvalue weighted by Gasteiger charge is 2.51. The Hall–Kier alpha value is -2.21. The van der Waals surface area contributed by atoms with Crippen LogP contribution in [0.25, 0.3) is 10.4 Å². The Morgan fingerprint density at radius 1 is 1.22 bits per heavy atom. The third-order valence-electron chi connectivity index (χ3n) is 6.16. The first-order valence-corrected chi connectivity index (χ1v) is 10.5. The van der Waals surface area contributed by atoms with Crippen molar-refractivity contribution in [3.05, 3.63) is 40.5 Å². The van der Waals surface area contributed by atoms with Gasteiger partial charge >= 0.3 is 0 Å². The fraction of sp³-hybridized carbons (Fsp3) is 0.476. The van der Waals surface area contributed by atoms with Crippen LogP contribution in [0.3, 0.4) is 0 Å². The van der Waals surface area contributed by atoms with Crippen molar-refractivity contribution in [2.45, 2.75) is 57.0 Å². The van der Waals surface area contributed by atoms with Crippen LogP contribution in [0, 0.1) is 12.8 Å². The number of rotatable bonds is 4. The van der Waals surface area contributed by atoms with Crippen molar-refractivity contribution in [1.29, 1.82) is 0 Å². The second kappa shape index (κ2) is 6.16. The van der Waals surface area contributed by atoms with Crippen LogP contribution in [0.2, 0.25) is 0 Å². The number of thiazole rings is 1. The lowest BCUT2D eigenvalue weighted by molar-refractivity contribution is -0.123. The normalized spacial score (nSPS) is 26.6. The summed E-state index contributed by atoms with van der Waals surface area (Å²) in [5.41, 5.74) is 8.36. The molecule has 1 aliphatic heterocycles. The van der Waals surface area contributed by atoms with Crippen LogP contribution < -0.4 is 5.73 Å². The molecule has 6 heteroatoms. The molecule has 3 atom stereocenters. The number of hydrogen-bond acceptors (Lipinski definition) is 4. The molecule has 5 rings (SSSR count). The smallest absolute Gasteiger partial charge is 0.274 e. The van der Waals surface area contributed by atoms with Crippen LogP contribution >= 0.6 is 11.3 Å². The van der Waals surface area contributed by atoms with Gasteiger partial charge in [0.15, 0.2) is 0 Å². The van der Waals surface area contributed by atoms with Crippen molar-refractivity contribution in [1.82, 2.24) is 9.88 Å². The molecule has 3 aliphatic rings. The van der Waals surface area contributed by atoms with Crippen molar-refractivity contribution < 1.29 is 9.59 Å². The molecule has 0 unspecified atom stereocenters. The van der Waals surface area contributed by atoms with Crippen LogP contribution in [0.5, 0.6) is 0 Å². The molecule has 2 heterocycles. The average Bonchev–Trinajstić information content (AvgIpc) is 3.10. The predicted octanol–water partition coefficient (Wildman–Crippen LogP) is 3.47. The number of aromatic nitrogens is 1. The second-order valence-corrected chi connectivity index (χ2v) is 9.19. The number of aryl methyl sites for hydroxylation is 1. The molecule has 2 N–H and O–H groups in total. The fourth-order valence-corrected chi connectivity index (χ4v) is 5.96. The van der Waals surface area contributed by atoms with Gasteiger partial charge in [-0.1, -0.05) is 29.8 Å². The molecule has 0 radical (unpaired) electrons. The molecule has 27 heavy (non-hydrogen) atoms. The Morgan fingerprint density at radius 3 is 2.74 bits per heavy atom. The number of fused-ring (bicyclic) bond motifs is 2. The van der Waals surface area contributed by atoms with Gasteiger partial charge in [0.25, 0.3) is 5.91 Å². The summed E-state index contributed by atoms with van der Waals surface area (Å²) < 4.78 is 0. The van der Waals surface area contributed by atoms with Gasteiger partial charge in [-0.3, -0.25) is 9.59 Å². The largest absolute Gasteiger partial charge is 0.368 e. The van der Waals surface area contributed by atoms with E-state index in [1.165, 1.54) is 0 Å². The van der Waals surface area contributed by atoms with Crippen molar-refractivity contribution in [2.75, 3.05) is 0 Å². The minimum absolute atomic E-state index is 0.120. The molecule has 1 aromatic carbocycles. The van der Waals surface area contributed by atoms with E-state index in [2.05, 4.69) is 19.1 Å². The van der Waals surface area contributed by atoms with Crippen molar-refractivity contribution >= 4 is 23.2 Å². The SMILES string of the molecule is Cc1cccc(-c2sc(C3CC3)nc2C(=O)N2[C@@H]3CC[C@@H](C3)[C@H]2C(N)=O)c1. The van der Waals surface area contributed by atoms with Gasteiger partial charge in [0.05, 0.1) is 9.88 Å². The lowest BCUT2D eigenvalue weighted by Gasteiger charge is -2.33. The zero-order valence-electron chi connectivity index (χ0n) is 15.4. The van der Waals surface area contributed by atoms with Gasteiger partial charge in [-0.15, -0.1) is 11.3 Å². The molecule has 3 fully saturated rings. The number of carbonyl (C=O) groups is 2. The van der Waals surface area contributed by atoms with E-state index in [-0.39, 0.29) is 23.8 Å². The minimum atomic E-state index is -0.479. The Kier molecular flexibility index (Phi) is 3.86. The van der Waals surface area contributed by atoms with E-state index >= 15 is 0 Å². The van der Waals surface area contributed by atoms with E-state index in [4.69, 9.17) is 10.7 Å². The Bertz CT molecular complexity index is 933. The monoisotopic (exact) mass is 381 g/mol. The zero-order chi connectivity index (χ0) is 18.7. The summed E-state index contributed by atoms with van der Waals surface area (Å²) in [6.45, 7) is 2.05. The maximum Gasteiger partial charge on any atom is 0.274 e. The first kappa shape index (κ1) is 16.9. The van der Waals surface area contributed by atoms with E-state index in [0.29, 0.717) is 11.6 Å². The molecule has 2 aliphatic carbocycles. The number of likely N-dealkylation sites (tertiary alicyclic amines) is 1. The summed E-state index contributed by atoms with van der Waals surface area (Å²) in [7, 11) is 0. The molecular weight excluding hydrogens is 358 g/mol. The molecule has 2 saturated carbocycles. The molecule has 2 bridgehead atoms. The van der Waals surface area contributed by atoms with Gasteiger partial charge in [-0.2, -0.15) is 0 Å². The summed E-state index contributed by atoms with van der Waals surface area (Å²) in [5, 5.41) is 1.05. The van der Waals surface area contributed by atoms with Crippen molar-refractivity contribution in [3.8, 4) is 10.4 Å². The van der Waals surface area contributed by atoms with Gasteiger partial charge in [-0.05, 0) is 50.5 Å².